The standard InChI is InChI=1S/C26H21N3OS/c27-14-17-9-11-18(12-10-17)15-28-26(30)21-13-24(29-23-7-3-1-5-19(21)23)22-16-31-25-8-4-2-6-20(22)25/h1-13,16H,14-15,27H2,(H,28,30). The van der Waals surface area contributed by atoms with Crippen molar-refractivity contribution in [3.05, 3.63) is 101 Å². The Labute approximate surface area is 184 Å². The predicted molar refractivity (Wildman–Crippen MR) is 128 cm³/mol. The molecule has 0 aliphatic heterocycles. The van der Waals surface area contributed by atoms with Gasteiger partial charge < -0.3 is 11.1 Å². The molecule has 3 aromatic carbocycles. The highest BCUT2D eigenvalue weighted by molar-refractivity contribution is 7.17. The summed E-state index contributed by atoms with van der Waals surface area (Å²) in [7, 11) is 0. The van der Waals surface area contributed by atoms with Crippen molar-refractivity contribution in [1.82, 2.24) is 10.3 Å². The first kappa shape index (κ1) is 19.4. The van der Waals surface area contributed by atoms with Crippen LogP contribution in [0.3, 0.4) is 0 Å². The molecule has 0 saturated carbocycles. The number of pyridine rings is 1. The van der Waals surface area contributed by atoms with Crippen LogP contribution < -0.4 is 11.1 Å². The number of nitrogens with one attached hydrogen (secondary N) is 1. The van der Waals surface area contributed by atoms with E-state index < -0.39 is 0 Å². The number of nitrogens with zero attached hydrogens (tertiary/aromatic N) is 1. The summed E-state index contributed by atoms with van der Waals surface area (Å²) in [5.74, 6) is -0.109. The summed E-state index contributed by atoms with van der Waals surface area (Å²) >= 11 is 1.69. The fraction of sp³-hybridized carbons (Fsp3) is 0.0769. The van der Waals surface area contributed by atoms with Gasteiger partial charge in [-0.1, -0.05) is 60.7 Å². The molecule has 1 amide bonds. The maximum Gasteiger partial charge on any atom is 0.252 e. The molecular weight excluding hydrogens is 402 g/mol. The molecule has 31 heavy (non-hydrogen) atoms. The van der Waals surface area contributed by atoms with Crippen molar-refractivity contribution in [2.24, 2.45) is 5.73 Å². The molecule has 5 aromatic rings. The third-order valence-electron chi connectivity index (χ3n) is 5.43. The normalized spacial score (nSPS) is 11.1. The van der Waals surface area contributed by atoms with Crippen molar-refractivity contribution in [1.29, 1.82) is 0 Å². The third kappa shape index (κ3) is 3.81. The predicted octanol–water partition coefficient (Wildman–Crippen LogP) is 5.51. The molecule has 0 aliphatic carbocycles. The largest absolute Gasteiger partial charge is 0.348 e. The maximum atomic E-state index is 13.2. The number of carbonyl (C=O) groups is 1. The van der Waals surface area contributed by atoms with Crippen molar-refractivity contribution in [3.8, 4) is 11.3 Å². The van der Waals surface area contributed by atoms with Gasteiger partial charge in [-0.3, -0.25) is 4.79 Å². The van der Waals surface area contributed by atoms with Crippen LogP contribution >= 0.6 is 11.3 Å². The molecule has 2 aromatic heterocycles. The Morgan fingerprint density at radius 1 is 0.903 bits per heavy atom. The zero-order valence-corrected chi connectivity index (χ0v) is 17.7. The van der Waals surface area contributed by atoms with E-state index >= 15 is 0 Å². The Hall–Kier alpha value is -3.54. The van der Waals surface area contributed by atoms with Crippen molar-refractivity contribution in [2.45, 2.75) is 13.1 Å². The van der Waals surface area contributed by atoms with Crippen LogP contribution in [0.4, 0.5) is 0 Å². The molecule has 0 bridgehead atoms. The molecule has 0 saturated heterocycles. The first-order valence-electron chi connectivity index (χ1n) is 10.2. The van der Waals surface area contributed by atoms with Crippen LogP contribution in [0, 0.1) is 0 Å². The third-order valence-corrected chi connectivity index (χ3v) is 6.39. The van der Waals surface area contributed by atoms with Gasteiger partial charge in [-0.2, -0.15) is 0 Å². The molecule has 5 rings (SSSR count). The molecule has 0 spiro atoms. The Bertz CT molecular complexity index is 1390. The van der Waals surface area contributed by atoms with Crippen LogP contribution in [-0.4, -0.2) is 10.9 Å². The van der Waals surface area contributed by atoms with E-state index in [2.05, 4.69) is 22.8 Å². The van der Waals surface area contributed by atoms with Crippen LogP contribution in [0.1, 0.15) is 21.5 Å². The number of hydrogen-bond acceptors (Lipinski definition) is 4. The molecule has 4 nitrogen and oxygen atoms in total. The second-order valence-electron chi connectivity index (χ2n) is 7.42. The Kier molecular flexibility index (Phi) is 5.20. The van der Waals surface area contributed by atoms with E-state index in [1.807, 2.05) is 66.7 Å². The number of benzene rings is 3. The summed E-state index contributed by atoms with van der Waals surface area (Å²) in [6.07, 6.45) is 0. The molecule has 0 aliphatic rings. The summed E-state index contributed by atoms with van der Waals surface area (Å²) in [4.78, 5) is 18.0. The molecular formula is C26H21N3OS. The Morgan fingerprint density at radius 3 is 2.42 bits per heavy atom. The van der Waals surface area contributed by atoms with Crippen molar-refractivity contribution in [2.75, 3.05) is 0 Å². The smallest absolute Gasteiger partial charge is 0.252 e. The first-order valence-corrected chi connectivity index (χ1v) is 11.0. The van der Waals surface area contributed by atoms with Gasteiger partial charge in [-0.15, -0.1) is 11.3 Å². The number of amides is 1. The van der Waals surface area contributed by atoms with E-state index in [0.29, 0.717) is 18.7 Å². The number of nitrogens with two attached hydrogens (primary N) is 1. The highest BCUT2D eigenvalue weighted by Gasteiger charge is 2.15. The van der Waals surface area contributed by atoms with Gasteiger partial charge in [-0.25, -0.2) is 4.98 Å². The molecule has 5 heteroatoms. The second kappa shape index (κ2) is 8.30. The highest BCUT2D eigenvalue weighted by Crippen LogP contribution is 2.34. The summed E-state index contributed by atoms with van der Waals surface area (Å²) in [5, 5.41) is 7.18. The fourth-order valence-electron chi connectivity index (χ4n) is 3.75. The van der Waals surface area contributed by atoms with Gasteiger partial charge in [0.15, 0.2) is 0 Å². The lowest BCUT2D eigenvalue weighted by Gasteiger charge is -2.11. The molecule has 0 unspecified atom stereocenters. The molecule has 152 valence electrons. The summed E-state index contributed by atoms with van der Waals surface area (Å²) in [6, 6.07) is 25.9. The molecule has 0 radical (unpaired) electrons. The number of fused-ring (bicyclic) bond motifs is 2. The van der Waals surface area contributed by atoms with Crippen LogP contribution in [0.2, 0.25) is 0 Å². The fourth-order valence-corrected chi connectivity index (χ4v) is 4.70. The van der Waals surface area contributed by atoms with E-state index in [1.165, 1.54) is 4.70 Å². The minimum Gasteiger partial charge on any atom is -0.348 e. The van der Waals surface area contributed by atoms with Crippen molar-refractivity contribution >= 4 is 38.2 Å². The lowest BCUT2D eigenvalue weighted by atomic mass is 10.0. The summed E-state index contributed by atoms with van der Waals surface area (Å²) in [6.45, 7) is 0.965. The lowest BCUT2D eigenvalue weighted by molar-refractivity contribution is 0.0952. The monoisotopic (exact) mass is 423 g/mol. The minimum atomic E-state index is -0.109. The van der Waals surface area contributed by atoms with Gasteiger partial charge in [0.05, 0.1) is 16.8 Å². The quantitative estimate of drug-likeness (QED) is 0.392. The van der Waals surface area contributed by atoms with Gasteiger partial charge in [0.25, 0.3) is 5.91 Å². The molecule has 0 fully saturated rings. The van der Waals surface area contributed by atoms with Gasteiger partial charge in [-0.05, 0) is 29.3 Å². The van der Waals surface area contributed by atoms with Gasteiger partial charge in [0.2, 0.25) is 0 Å². The van der Waals surface area contributed by atoms with Gasteiger partial charge >= 0.3 is 0 Å². The Balaban J connectivity index is 1.51. The second-order valence-corrected chi connectivity index (χ2v) is 8.33. The van der Waals surface area contributed by atoms with Crippen LogP contribution in [0.25, 0.3) is 32.2 Å². The van der Waals surface area contributed by atoms with Gasteiger partial charge in [0.1, 0.15) is 0 Å². The average molecular weight is 424 g/mol. The van der Waals surface area contributed by atoms with Crippen molar-refractivity contribution < 1.29 is 4.79 Å². The summed E-state index contributed by atoms with van der Waals surface area (Å²) in [5.41, 5.74) is 11.1. The van der Waals surface area contributed by atoms with Gasteiger partial charge in [0, 0.05) is 39.5 Å². The molecule has 0 atom stereocenters. The zero-order valence-electron chi connectivity index (χ0n) is 16.8. The van der Waals surface area contributed by atoms with E-state index in [4.69, 9.17) is 10.7 Å². The number of para-hydroxylation sites is 1. The van der Waals surface area contributed by atoms with Crippen LogP contribution in [0.15, 0.2) is 84.2 Å². The minimum absolute atomic E-state index is 0.109. The van der Waals surface area contributed by atoms with Crippen LogP contribution in [0.5, 0.6) is 0 Å². The zero-order chi connectivity index (χ0) is 21.2. The number of hydrogen-bond donors (Lipinski definition) is 2. The van der Waals surface area contributed by atoms with E-state index in [-0.39, 0.29) is 5.91 Å². The number of aromatic nitrogens is 1. The lowest BCUT2D eigenvalue weighted by Crippen LogP contribution is -2.23. The molecule has 3 N–H and O–H groups in total. The van der Waals surface area contributed by atoms with Crippen molar-refractivity contribution in [3.63, 3.8) is 0 Å². The Morgan fingerprint density at radius 2 is 1.61 bits per heavy atom. The topological polar surface area (TPSA) is 68.0 Å². The molecule has 2 heterocycles. The highest BCUT2D eigenvalue weighted by atomic mass is 32.1. The van der Waals surface area contributed by atoms with E-state index in [9.17, 15) is 4.79 Å². The van der Waals surface area contributed by atoms with E-state index in [1.54, 1.807) is 11.3 Å². The SMILES string of the molecule is NCc1ccc(CNC(=O)c2cc(-c3csc4ccccc34)nc3ccccc23)cc1. The number of carbonyl (C=O) groups excluding carboxylic acids is 1. The van der Waals surface area contributed by atoms with E-state index in [0.717, 1.165) is 38.7 Å². The number of thiophene rings is 1. The summed E-state index contributed by atoms with van der Waals surface area (Å²) < 4.78 is 1.21. The van der Waals surface area contributed by atoms with Crippen LogP contribution in [-0.2, 0) is 13.1 Å². The first-order chi connectivity index (χ1) is 15.2. The number of rotatable bonds is 5. The average Bonchev–Trinajstić information content (AvgIpc) is 3.26. The maximum absolute atomic E-state index is 13.2.